The molecule has 1 amide bonds. The molecule has 0 radical (unpaired) electrons. The van der Waals surface area contributed by atoms with Gasteiger partial charge in [0.2, 0.25) is 0 Å². The maximum Gasteiger partial charge on any atom is 0.339 e. The fraction of sp³-hybridized carbons (Fsp3) is 0.600. The summed E-state index contributed by atoms with van der Waals surface area (Å²) in [6, 6.07) is 5.61. The number of carbonyl (C=O) groups excluding carboxylic acids is 1. The van der Waals surface area contributed by atoms with Crippen molar-refractivity contribution in [2.24, 2.45) is 0 Å². The van der Waals surface area contributed by atoms with Crippen LogP contribution >= 0.6 is 24.8 Å². The van der Waals surface area contributed by atoms with E-state index >= 15 is 0 Å². The summed E-state index contributed by atoms with van der Waals surface area (Å²) in [5, 5.41) is 4.41. The Hall–Kier alpha value is -1.80. The van der Waals surface area contributed by atoms with Gasteiger partial charge in [-0.15, -0.1) is 24.8 Å². The van der Waals surface area contributed by atoms with Gasteiger partial charge in [-0.1, -0.05) is 0 Å². The number of nitrogens with zero attached hydrogens (tertiary/aromatic N) is 2. The summed E-state index contributed by atoms with van der Waals surface area (Å²) in [5.74, 6) is 0.575. The van der Waals surface area contributed by atoms with Gasteiger partial charge < -0.3 is 19.4 Å². The van der Waals surface area contributed by atoms with Gasteiger partial charge in [0.15, 0.2) is 6.10 Å². The predicted octanol–water partition coefficient (Wildman–Crippen LogP) is 3.18. The molecule has 1 unspecified atom stereocenters. The van der Waals surface area contributed by atoms with Crippen molar-refractivity contribution in [3.63, 3.8) is 0 Å². The number of hydrogen-bond donors (Lipinski definition) is 1. The van der Waals surface area contributed by atoms with Crippen molar-refractivity contribution >= 4 is 41.7 Å². The van der Waals surface area contributed by atoms with Crippen molar-refractivity contribution in [1.29, 1.82) is 0 Å². The lowest BCUT2D eigenvalue weighted by Gasteiger charge is -2.51. The minimum Gasteiger partial charge on any atom is -0.481 e. The maximum atomic E-state index is 13.2. The number of likely N-dealkylation sites (N-methyl/N-ethyl adjacent to an activating group) is 1. The molecule has 2 fully saturated rings. The highest BCUT2D eigenvalue weighted by molar-refractivity contribution is 5.86. The van der Waals surface area contributed by atoms with Gasteiger partial charge in [0.05, 0.1) is 0 Å². The molecule has 1 aromatic carbocycles. The van der Waals surface area contributed by atoms with Crippen LogP contribution in [-0.2, 0) is 17.6 Å². The number of rotatable bonds is 3. The molecule has 2 aliphatic heterocycles. The van der Waals surface area contributed by atoms with Crippen LogP contribution in [0.1, 0.15) is 43.7 Å². The average Bonchev–Trinajstić information content (AvgIpc) is 2.81. The summed E-state index contributed by atoms with van der Waals surface area (Å²) in [7, 11) is 2.18. The second kappa shape index (κ2) is 10.9. The zero-order chi connectivity index (χ0) is 22.3. The van der Waals surface area contributed by atoms with Crippen LogP contribution in [0.5, 0.6) is 5.75 Å². The van der Waals surface area contributed by atoms with Crippen LogP contribution in [0.2, 0.25) is 0 Å². The van der Waals surface area contributed by atoms with Gasteiger partial charge in [-0.3, -0.25) is 9.69 Å². The highest BCUT2D eigenvalue weighted by Gasteiger charge is 2.42. The third-order valence-electron chi connectivity index (χ3n) is 7.70. The number of fused-ring (bicyclic) bond motifs is 3. The van der Waals surface area contributed by atoms with E-state index in [4.69, 9.17) is 9.15 Å². The molecule has 3 heterocycles. The summed E-state index contributed by atoms with van der Waals surface area (Å²) in [4.78, 5) is 30.1. The summed E-state index contributed by atoms with van der Waals surface area (Å²) in [5.41, 5.74) is 2.30. The van der Waals surface area contributed by atoms with Crippen molar-refractivity contribution < 1.29 is 13.9 Å². The van der Waals surface area contributed by atoms with Crippen LogP contribution in [0.25, 0.3) is 11.0 Å². The first-order valence-corrected chi connectivity index (χ1v) is 11.9. The second-order valence-corrected chi connectivity index (χ2v) is 9.63. The number of ether oxygens (including phenoxy) is 1. The number of hydrogen-bond acceptors (Lipinski definition) is 6. The summed E-state index contributed by atoms with van der Waals surface area (Å²) in [6.45, 7) is 6.13. The molecule has 2 aromatic rings. The Morgan fingerprint density at radius 2 is 1.82 bits per heavy atom. The van der Waals surface area contributed by atoms with Crippen molar-refractivity contribution in [1.82, 2.24) is 15.1 Å². The van der Waals surface area contributed by atoms with E-state index in [9.17, 15) is 9.59 Å². The van der Waals surface area contributed by atoms with Gasteiger partial charge in [-0.2, -0.15) is 0 Å². The third-order valence-corrected chi connectivity index (χ3v) is 7.70. The zero-order valence-corrected chi connectivity index (χ0v) is 21.6. The smallest absolute Gasteiger partial charge is 0.339 e. The molecule has 0 saturated carbocycles. The molecule has 2 saturated heterocycles. The number of piperidine rings is 1. The fourth-order valence-electron chi connectivity index (χ4n) is 5.69. The molecular formula is C25H35Cl2N3O4. The molecular weight excluding hydrogens is 477 g/mol. The number of halogens is 2. The van der Waals surface area contributed by atoms with Gasteiger partial charge in [-0.05, 0) is 83.3 Å². The van der Waals surface area contributed by atoms with Gasteiger partial charge in [0, 0.05) is 42.2 Å². The first-order valence-electron chi connectivity index (χ1n) is 11.9. The Morgan fingerprint density at radius 1 is 1.12 bits per heavy atom. The summed E-state index contributed by atoms with van der Waals surface area (Å²) < 4.78 is 11.6. The van der Waals surface area contributed by atoms with E-state index in [1.165, 1.54) is 0 Å². The lowest BCUT2D eigenvalue weighted by molar-refractivity contribution is -0.144. The zero-order valence-electron chi connectivity index (χ0n) is 19.9. The van der Waals surface area contributed by atoms with Gasteiger partial charge >= 0.3 is 5.63 Å². The Labute approximate surface area is 213 Å². The number of piperazine rings is 1. The molecule has 188 valence electrons. The van der Waals surface area contributed by atoms with Crippen LogP contribution < -0.4 is 15.7 Å². The van der Waals surface area contributed by atoms with Gasteiger partial charge in [0.25, 0.3) is 5.91 Å². The van der Waals surface area contributed by atoms with Crippen LogP contribution in [0, 0.1) is 0 Å². The largest absolute Gasteiger partial charge is 0.481 e. The number of carbonyl (C=O) groups is 1. The standard InChI is InChI=1S/C25H33N3O4.2ClH/c1-17(23(29)28-14-13-27(2)25(16-28)9-11-26-12-10-25)31-18-7-8-20-19-5-3-4-6-21(19)24(30)32-22(20)15-18;;/h7-8,15,17,26H,3-6,9-14,16H2,1-2H3;2*1H. The molecule has 5 rings (SSSR count). The Kier molecular flexibility index (Phi) is 8.56. The van der Waals surface area contributed by atoms with Gasteiger partial charge in [-0.25, -0.2) is 4.79 Å². The highest BCUT2D eigenvalue weighted by Crippen LogP contribution is 2.31. The summed E-state index contributed by atoms with van der Waals surface area (Å²) >= 11 is 0. The molecule has 7 nitrogen and oxygen atoms in total. The molecule has 3 aliphatic rings. The van der Waals surface area contributed by atoms with E-state index in [2.05, 4.69) is 17.3 Å². The molecule has 1 aromatic heterocycles. The molecule has 1 atom stereocenters. The van der Waals surface area contributed by atoms with Crippen LogP contribution in [0.3, 0.4) is 0 Å². The van der Waals surface area contributed by atoms with E-state index in [-0.39, 0.29) is 41.9 Å². The van der Waals surface area contributed by atoms with Crippen molar-refractivity contribution in [3.05, 3.63) is 39.7 Å². The minimum atomic E-state index is -0.598. The maximum absolute atomic E-state index is 13.2. The number of amides is 1. The van der Waals surface area contributed by atoms with Crippen molar-refractivity contribution in [2.75, 3.05) is 39.8 Å². The lowest BCUT2D eigenvalue weighted by Crippen LogP contribution is -2.65. The molecule has 0 bridgehead atoms. The first-order chi connectivity index (χ1) is 15.5. The van der Waals surface area contributed by atoms with E-state index in [0.29, 0.717) is 11.3 Å². The second-order valence-electron chi connectivity index (χ2n) is 9.63. The van der Waals surface area contributed by atoms with Crippen LogP contribution in [0.15, 0.2) is 27.4 Å². The quantitative estimate of drug-likeness (QED) is 0.637. The Morgan fingerprint density at radius 3 is 2.56 bits per heavy atom. The Bertz CT molecular complexity index is 1080. The highest BCUT2D eigenvalue weighted by atomic mass is 35.5. The van der Waals surface area contributed by atoms with Crippen molar-refractivity contribution in [2.45, 2.75) is 57.1 Å². The third kappa shape index (κ3) is 4.94. The summed E-state index contributed by atoms with van der Waals surface area (Å²) in [6.07, 6.45) is 5.34. The lowest BCUT2D eigenvalue weighted by atomic mass is 9.84. The average molecular weight is 512 g/mol. The molecule has 1 spiro atoms. The normalized spacial score (nSPS) is 20.7. The van der Waals surface area contributed by atoms with E-state index in [1.54, 1.807) is 6.07 Å². The number of nitrogens with one attached hydrogen (secondary N) is 1. The number of aryl methyl sites for hydroxylation is 1. The predicted molar refractivity (Wildman–Crippen MR) is 138 cm³/mol. The first kappa shape index (κ1) is 26.8. The van der Waals surface area contributed by atoms with Gasteiger partial charge in [0.1, 0.15) is 11.3 Å². The SMILES string of the molecule is CC(Oc1ccc2c3c(c(=O)oc2c1)CCCC3)C(=O)N1CCN(C)C2(CCNCC2)C1.Cl.Cl. The molecule has 1 N–H and O–H groups in total. The van der Waals surface area contributed by atoms with Crippen molar-refractivity contribution in [3.8, 4) is 5.75 Å². The molecule has 34 heavy (non-hydrogen) atoms. The fourth-order valence-corrected chi connectivity index (χ4v) is 5.69. The topological polar surface area (TPSA) is 75.0 Å². The Balaban J connectivity index is 0.00000162. The van der Waals surface area contributed by atoms with E-state index in [1.807, 2.05) is 24.0 Å². The monoisotopic (exact) mass is 511 g/mol. The minimum absolute atomic E-state index is 0. The molecule has 1 aliphatic carbocycles. The number of benzene rings is 1. The van der Waals surface area contributed by atoms with Crippen LogP contribution in [-0.4, -0.2) is 67.1 Å². The van der Waals surface area contributed by atoms with Crippen LogP contribution in [0.4, 0.5) is 0 Å². The molecule has 9 heteroatoms. The van der Waals surface area contributed by atoms with E-state index < -0.39 is 6.10 Å². The van der Waals surface area contributed by atoms with E-state index in [0.717, 1.165) is 87.8 Å².